The van der Waals surface area contributed by atoms with Crippen molar-refractivity contribution in [3.8, 4) is 16.9 Å². The lowest BCUT2D eigenvalue weighted by molar-refractivity contribution is 0.416. The van der Waals surface area contributed by atoms with Gasteiger partial charge in [0.2, 0.25) is 0 Å². The topological polar surface area (TPSA) is 68.1 Å². The molecular formula is C24H24N2O2S. The minimum Gasteiger partial charge on any atom is -0.496 e. The number of benzene rings is 2. The fourth-order valence-electron chi connectivity index (χ4n) is 4.63. The number of hydrogen-bond acceptors (Lipinski definition) is 4. The SMILES string of the molecule is COc1cc(C)c2[nH]c(=O)c3sccc3c2c1-c1ccc(C2(C(C)N)CC2)cc1. The lowest BCUT2D eigenvalue weighted by Gasteiger charge is -2.21. The van der Waals surface area contributed by atoms with Gasteiger partial charge in [0, 0.05) is 27.8 Å². The summed E-state index contributed by atoms with van der Waals surface area (Å²) in [6.45, 7) is 4.10. The Balaban J connectivity index is 1.79. The van der Waals surface area contributed by atoms with Crippen molar-refractivity contribution in [1.29, 1.82) is 0 Å². The second-order valence-electron chi connectivity index (χ2n) is 8.16. The van der Waals surface area contributed by atoms with Crippen molar-refractivity contribution in [2.75, 3.05) is 7.11 Å². The number of rotatable bonds is 4. The van der Waals surface area contributed by atoms with E-state index in [0.717, 1.165) is 56.3 Å². The second-order valence-corrected chi connectivity index (χ2v) is 9.08. The molecular weight excluding hydrogens is 380 g/mol. The quantitative estimate of drug-likeness (QED) is 0.497. The third-order valence-electron chi connectivity index (χ3n) is 6.50. The molecule has 0 aliphatic heterocycles. The molecule has 1 aliphatic rings. The number of aryl methyl sites for hydroxylation is 1. The Morgan fingerprint density at radius 2 is 1.93 bits per heavy atom. The van der Waals surface area contributed by atoms with Crippen LogP contribution >= 0.6 is 11.3 Å². The summed E-state index contributed by atoms with van der Waals surface area (Å²) in [7, 11) is 1.70. The number of ether oxygens (including phenoxy) is 1. The Bertz CT molecular complexity index is 1290. The molecule has 29 heavy (non-hydrogen) atoms. The van der Waals surface area contributed by atoms with Crippen molar-refractivity contribution < 1.29 is 4.74 Å². The van der Waals surface area contributed by atoms with Gasteiger partial charge >= 0.3 is 0 Å². The molecule has 2 heterocycles. The van der Waals surface area contributed by atoms with Crippen LogP contribution in [0.15, 0.2) is 46.6 Å². The van der Waals surface area contributed by atoms with E-state index in [1.807, 2.05) is 24.4 Å². The first kappa shape index (κ1) is 18.4. The monoisotopic (exact) mass is 404 g/mol. The van der Waals surface area contributed by atoms with Crippen molar-refractivity contribution in [1.82, 2.24) is 4.98 Å². The lowest BCUT2D eigenvalue weighted by atomic mass is 9.87. The van der Waals surface area contributed by atoms with Gasteiger partial charge in [0.1, 0.15) is 10.4 Å². The summed E-state index contributed by atoms with van der Waals surface area (Å²) in [6.07, 6.45) is 2.30. The molecule has 2 aromatic heterocycles. The van der Waals surface area contributed by atoms with E-state index < -0.39 is 0 Å². The predicted octanol–water partition coefficient (Wildman–Crippen LogP) is 5.11. The molecule has 0 spiro atoms. The lowest BCUT2D eigenvalue weighted by Crippen LogP contribution is -2.31. The molecule has 1 atom stereocenters. The maximum absolute atomic E-state index is 12.5. The summed E-state index contributed by atoms with van der Waals surface area (Å²) in [5, 5.41) is 3.99. The molecule has 0 bridgehead atoms. The molecule has 1 saturated carbocycles. The maximum Gasteiger partial charge on any atom is 0.266 e. The van der Waals surface area contributed by atoms with Gasteiger partial charge in [0.25, 0.3) is 5.56 Å². The molecule has 1 unspecified atom stereocenters. The Hall–Kier alpha value is -2.63. The molecule has 5 rings (SSSR count). The predicted molar refractivity (Wildman–Crippen MR) is 121 cm³/mol. The third kappa shape index (κ3) is 2.65. The van der Waals surface area contributed by atoms with Crippen molar-refractivity contribution in [2.24, 2.45) is 5.73 Å². The van der Waals surface area contributed by atoms with Gasteiger partial charge in [-0.05, 0) is 60.9 Å². The summed E-state index contributed by atoms with van der Waals surface area (Å²) in [6, 6.07) is 12.9. The highest BCUT2D eigenvalue weighted by atomic mass is 32.1. The van der Waals surface area contributed by atoms with E-state index in [2.05, 4.69) is 36.2 Å². The highest BCUT2D eigenvalue weighted by Gasteiger charge is 2.47. The normalized spacial score (nSPS) is 16.3. The van der Waals surface area contributed by atoms with Gasteiger partial charge in [0.05, 0.1) is 12.6 Å². The number of pyridine rings is 1. The van der Waals surface area contributed by atoms with Crippen molar-refractivity contribution in [2.45, 2.75) is 38.1 Å². The van der Waals surface area contributed by atoms with E-state index in [0.29, 0.717) is 0 Å². The molecule has 0 radical (unpaired) electrons. The average Bonchev–Trinajstić information content (AvgIpc) is 3.38. The first-order chi connectivity index (χ1) is 14.0. The van der Waals surface area contributed by atoms with Crippen LogP contribution in [0.25, 0.3) is 32.1 Å². The van der Waals surface area contributed by atoms with Gasteiger partial charge < -0.3 is 15.5 Å². The molecule has 4 aromatic rings. The molecule has 5 heteroatoms. The Labute approximate surface area is 173 Å². The number of nitrogens with two attached hydrogens (primary N) is 1. The Kier molecular flexibility index (Phi) is 4.09. The van der Waals surface area contributed by atoms with Crippen molar-refractivity contribution in [3.63, 3.8) is 0 Å². The number of methoxy groups -OCH3 is 1. The van der Waals surface area contributed by atoms with E-state index in [1.165, 1.54) is 16.9 Å². The van der Waals surface area contributed by atoms with Gasteiger partial charge in [-0.1, -0.05) is 24.3 Å². The fraction of sp³-hybridized carbons (Fsp3) is 0.292. The minimum atomic E-state index is -0.0373. The number of hydrogen-bond donors (Lipinski definition) is 2. The van der Waals surface area contributed by atoms with Gasteiger partial charge in [-0.3, -0.25) is 4.79 Å². The smallest absolute Gasteiger partial charge is 0.266 e. The van der Waals surface area contributed by atoms with E-state index in [4.69, 9.17) is 10.5 Å². The van der Waals surface area contributed by atoms with Crippen LogP contribution < -0.4 is 16.0 Å². The summed E-state index contributed by atoms with van der Waals surface area (Å²) >= 11 is 1.47. The zero-order valence-corrected chi connectivity index (χ0v) is 17.7. The van der Waals surface area contributed by atoms with Crippen LogP contribution in [0.3, 0.4) is 0 Å². The number of thiophene rings is 1. The molecule has 2 aromatic carbocycles. The number of H-pyrrole nitrogens is 1. The van der Waals surface area contributed by atoms with Gasteiger partial charge in [-0.15, -0.1) is 11.3 Å². The molecule has 0 amide bonds. The van der Waals surface area contributed by atoms with Crippen LogP contribution in [0.2, 0.25) is 0 Å². The van der Waals surface area contributed by atoms with Crippen LogP contribution in [-0.2, 0) is 5.41 Å². The van der Waals surface area contributed by atoms with E-state index in [-0.39, 0.29) is 17.0 Å². The molecule has 0 saturated heterocycles. The zero-order valence-electron chi connectivity index (χ0n) is 16.8. The second kappa shape index (κ2) is 6.44. The average molecular weight is 405 g/mol. The van der Waals surface area contributed by atoms with Crippen molar-refractivity contribution in [3.05, 3.63) is 63.3 Å². The van der Waals surface area contributed by atoms with Crippen LogP contribution in [-0.4, -0.2) is 18.1 Å². The largest absolute Gasteiger partial charge is 0.496 e. The van der Waals surface area contributed by atoms with Crippen LogP contribution in [0.5, 0.6) is 5.75 Å². The number of aromatic nitrogens is 1. The maximum atomic E-state index is 12.5. The first-order valence-corrected chi connectivity index (χ1v) is 10.8. The molecule has 1 fully saturated rings. The Morgan fingerprint density at radius 3 is 2.55 bits per heavy atom. The van der Waals surface area contributed by atoms with Gasteiger partial charge in [0.15, 0.2) is 0 Å². The molecule has 148 valence electrons. The highest BCUT2D eigenvalue weighted by molar-refractivity contribution is 7.17. The van der Waals surface area contributed by atoms with Crippen LogP contribution in [0.1, 0.15) is 30.9 Å². The Morgan fingerprint density at radius 1 is 1.21 bits per heavy atom. The first-order valence-electron chi connectivity index (χ1n) is 9.93. The molecule has 3 N–H and O–H groups in total. The molecule has 1 aliphatic carbocycles. The van der Waals surface area contributed by atoms with Gasteiger partial charge in [-0.2, -0.15) is 0 Å². The third-order valence-corrected chi connectivity index (χ3v) is 7.41. The van der Waals surface area contributed by atoms with E-state index in [9.17, 15) is 4.79 Å². The standard InChI is InChI=1S/C24H24N2O2S/c1-13-12-18(28-3)19(20-17-8-11-29-22(17)23(27)26-21(13)20)15-4-6-16(7-5-15)24(9-10-24)14(2)25/h4-8,11-12,14H,9-10,25H2,1-3H3,(H,26,27). The summed E-state index contributed by atoms with van der Waals surface area (Å²) < 4.78 is 6.53. The minimum absolute atomic E-state index is 0.0373. The molecule has 4 nitrogen and oxygen atoms in total. The van der Waals surface area contributed by atoms with Crippen molar-refractivity contribution >= 4 is 32.3 Å². The van der Waals surface area contributed by atoms with E-state index in [1.54, 1.807) is 7.11 Å². The number of aromatic amines is 1. The summed E-state index contributed by atoms with van der Waals surface area (Å²) in [4.78, 5) is 15.6. The summed E-state index contributed by atoms with van der Waals surface area (Å²) in [5.74, 6) is 0.815. The summed E-state index contributed by atoms with van der Waals surface area (Å²) in [5.41, 5.74) is 11.6. The van der Waals surface area contributed by atoms with E-state index >= 15 is 0 Å². The van der Waals surface area contributed by atoms with Gasteiger partial charge in [-0.25, -0.2) is 0 Å². The fourth-order valence-corrected chi connectivity index (χ4v) is 5.42. The van der Waals surface area contributed by atoms with Crippen LogP contribution in [0.4, 0.5) is 0 Å². The number of fused-ring (bicyclic) bond motifs is 3. The van der Waals surface area contributed by atoms with Crippen LogP contribution in [0, 0.1) is 6.92 Å². The highest BCUT2D eigenvalue weighted by Crippen LogP contribution is 2.51. The zero-order chi connectivity index (χ0) is 20.3. The number of nitrogens with one attached hydrogen (secondary N) is 1.